The molecule has 2 fully saturated rings. The Morgan fingerprint density at radius 2 is 1.85 bits per heavy atom. The highest BCUT2D eigenvalue weighted by Gasteiger charge is 2.35. The quantitative estimate of drug-likeness (QED) is 0.780. The monoisotopic (exact) mass is 393 g/mol. The van der Waals surface area contributed by atoms with Gasteiger partial charge in [-0.3, -0.25) is 9.59 Å². The van der Waals surface area contributed by atoms with Gasteiger partial charge in [0.05, 0.1) is 0 Å². The van der Waals surface area contributed by atoms with Gasteiger partial charge in [0, 0.05) is 37.4 Å². The van der Waals surface area contributed by atoms with Gasteiger partial charge in [0.15, 0.2) is 0 Å². The Kier molecular flexibility index (Phi) is 8.11. The maximum atomic E-state index is 12.7. The second-order valence-electron chi connectivity index (χ2n) is 7.91. The summed E-state index contributed by atoms with van der Waals surface area (Å²) in [4.78, 5) is 26.9. The van der Waals surface area contributed by atoms with E-state index in [1.807, 2.05) is 30.0 Å². The lowest BCUT2D eigenvalue weighted by atomic mass is 9.89. The molecule has 5 nitrogen and oxygen atoms in total. The number of nitrogens with zero attached hydrogens (tertiary/aromatic N) is 1. The van der Waals surface area contributed by atoms with E-state index >= 15 is 0 Å². The lowest BCUT2D eigenvalue weighted by Crippen LogP contribution is -2.40. The van der Waals surface area contributed by atoms with Crippen LogP contribution in [0.15, 0.2) is 30.3 Å². The van der Waals surface area contributed by atoms with Crippen LogP contribution < -0.4 is 11.1 Å². The van der Waals surface area contributed by atoms with Crippen molar-refractivity contribution in [3.63, 3.8) is 0 Å². The number of nitrogens with two attached hydrogens (primary N) is 1. The molecule has 3 N–H and O–H groups in total. The van der Waals surface area contributed by atoms with Crippen molar-refractivity contribution < 1.29 is 9.59 Å². The number of hydrogen-bond donors (Lipinski definition) is 2. The SMILES string of the molecule is CC(CC(=O)N1C[C@@H](CN)[C@H](c2ccccc2)C1)NC(=O)C1CCCC1.Cl. The fourth-order valence-electron chi connectivity index (χ4n) is 4.38. The van der Waals surface area contributed by atoms with Crippen LogP contribution in [0.1, 0.15) is 50.5 Å². The first kappa shape index (κ1) is 21.7. The summed E-state index contributed by atoms with van der Waals surface area (Å²) < 4.78 is 0. The third kappa shape index (κ3) is 5.45. The van der Waals surface area contributed by atoms with Crippen LogP contribution >= 0.6 is 12.4 Å². The number of carbonyl (C=O) groups excluding carboxylic acids is 2. The summed E-state index contributed by atoms with van der Waals surface area (Å²) in [5.41, 5.74) is 7.22. The van der Waals surface area contributed by atoms with Crippen LogP contribution in [-0.4, -0.2) is 42.4 Å². The predicted molar refractivity (Wildman–Crippen MR) is 110 cm³/mol. The molecule has 1 aliphatic heterocycles. The smallest absolute Gasteiger partial charge is 0.224 e. The van der Waals surface area contributed by atoms with Crippen molar-refractivity contribution in [2.75, 3.05) is 19.6 Å². The second-order valence-corrected chi connectivity index (χ2v) is 7.91. The van der Waals surface area contributed by atoms with Crippen molar-refractivity contribution in [1.29, 1.82) is 0 Å². The Labute approximate surface area is 168 Å². The Bertz CT molecular complexity index is 619. The van der Waals surface area contributed by atoms with Crippen LogP contribution in [0.2, 0.25) is 0 Å². The summed E-state index contributed by atoms with van der Waals surface area (Å²) in [5, 5.41) is 3.03. The number of hydrogen-bond acceptors (Lipinski definition) is 3. The van der Waals surface area contributed by atoms with E-state index in [2.05, 4.69) is 17.4 Å². The van der Waals surface area contributed by atoms with E-state index < -0.39 is 0 Å². The Morgan fingerprint density at radius 3 is 2.48 bits per heavy atom. The molecule has 1 heterocycles. The molecular formula is C21H32ClN3O2. The average Bonchev–Trinajstić information content (AvgIpc) is 3.32. The molecular weight excluding hydrogens is 362 g/mol. The number of benzene rings is 1. The summed E-state index contributed by atoms with van der Waals surface area (Å²) in [5.74, 6) is 0.967. The van der Waals surface area contributed by atoms with Gasteiger partial charge in [-0.1, -0.05) is 43.2 Å². The minimum absolute atomic E-state index is 0. The fourth-order valence-corrected chi connectivity index (χ4v) is 4.38. The second kappa shape index (κ2) is 10.1. The van der Waals surface area contributed by atoms with Crippen LogP contribution in [0.3, 0.4) is 0 Å². The van der Waals surface area contributed by atoms with E-state index in [4.69, 9.17) is 5.73 Å². The van der Waals surface area contributed by atoms with Gasteiger partial charge in [-0.25, -0.2) is 0 Å². The van der Waals surface area contributed by atoms with Gasteiger partial charge in [-0.15, -0.1) is 12.4 Å². The topological polar surface area (TPSA) is 75.4 Å². The highest BCUT2D eigenvalue weighted by Crippen LogP contribution is 2.32. The Morgan fingerprint density at radius 1 is 1.19 bits per heavy atom. The molecule has 0 spiro atoms. The average molecular weight is 394 g/mol. The highest BCUT2D eigenvalue weighted by molar-refractivity contribution is 5.85. The number of amides is 2. The van der Waals surface area contributed by atoms with Crippen molar-refractivity contribution >= 4 is 24.2 Å². The van der Waals surface area contributed by atoms with E-state index in [-0.39, 0.29) is 36.2 Å². The third-order valence-electron chi connectivity index (χ3n) is 5.92. The molecule has 1 saturated heterocycles. The number of nitrogens with one attached hydrogen (secondary N) is 1. The van der Waals surface area contributed by atoms with Crippen LogP contribution in [0.25, 0.3) is 0 Å². The number of carbonyl (C=O) groups is 2. The van der Waals surface area contributed by atoms with Gasteiger partial charge in [0.2, 0.25) is 11.8 Å². The molecule has 2 aliphatic rings. The maximum absolute atomic E-state index is 12.7. The molecule has 0 radical (unpaired) electrons. The summed E-state index contributed by atoms with van der Waals surface area (Å²) in [6, 6.07) is 10.2. The summed E-state index contributed by atoms with van der Waals surface area (Å²) in [7, 11) is 0. The molecule has 3 rings (SSSR count). The van der Waals surface area contributed by atoms with E-state index in [9.17, 15) is 9.59 Å². The van der Waals surface area contributed by atoms with E-state index in [1.165, 1.54) is 5.56 Å². The first-order valence-electron chi connectivity index (χ1n) is 9.91. The maximum Gasteiger partial charge on any atom is 0.224 e. The molecule has 0 aromatic heterocycles. The molecule has 1 aromatic carbocycles. The van der Waals surface area contributed by atoms with Gasteiger partial charge in [0.1, 0.15) is 0 Å². The van der Waals surface area contributed by atoms with E-state index in [1.54, 1.807) is 0 Å². The van der Waals surface area contributed by atoms with Crippen molar-refractivity contribution in [3.05, 3.63) is 35.9 Å². The van der Waals surface area contributed by atoms with Crippen molar-refractivity contribution in [3.8, 4) is 0 Å². The summed E-state index contributed by atoms with van der Waals surface area (Å²) in [6.45, 7) is 3.93. The first-order chi connectivity index (χ1) is 12.6. The van der Waals surface area contributed by atoms with Gasteiger partial charge in [-0.05, 0) is 37.8 Å². The Balaban J connectivity index is 0.00000261. The van der Waals surface area contributed by atoms with E-state index in [0.717, 1.165) is 25.7 Å². The van der Waals surface area contributed by atoms with Crippen LogP contribution in [0.5, 0.6) is 0 Å². The van der Waals surface area contributed by atoms with Crippen LogP contribution in [-0.2, 0) is 9.59 Å². The lowest BCUT2D eigenvalue weighted by Gasteiger charge is -2.21. The zero-order valence-corrected chi connectivity index (χ0v) is 16.9. The number of halogens is 1. The normalized spacial score (nSPS) is 23.7. The molecule has 1 aliphatic carbocycles. The fraction of sp³-hybridized carbons (Fsp3) is 0.619. The van der Waals surface area contributed by atoms with Gasteiger partial charge in [-0.2, -0.15) is 0 Å². The molecule has 2 amide bonds. The molecule has 1 aromatic rings. The molecule has 1 unspecified atom stereocenters. The first-order valence-corrected chi connectivity index (χ1v) is 9.91. The number of rotatable bonds is 6. The van der Waals surface area contributed by atoms with Crippen molar-refractivity contribution in [2.24, 2.45) is 17.6 Å². The highest BCUT2D eigenvalue weighted by atomic mass is 35.5. The Hall–Kier alpha value is -1.59. The molecule has 150 valence electrons. The molecule has 3 atom stereocenters. The zero-order chi connectivity index (χ0) is 18.5. The van der Waals surface area contributed by atoms with Gasteiger partial charge < -0.3 is 16.0 Å². The van der Waals surface area contributed by atoms with Crippen molar-refractivity contribution in [1.82, 2.24) is 10.2 Å². The zero-order valence-electron chi connectivity index (χ0n) is 16.1. The van der Waals surface area contributed by atoms with Crippen molar-refractivity contribution in [2.45, 2.75) is 51.0 Å². The van der Waals surface area contributed by atoms with Gasteiger partial charge in [0.25, 0.3) is 0 Å². The molecule has 1 saturated carbocycles. The van der Waals surface area contributed by atoms with Crippen LogP contribution in [0, 0.1) is 11.8 Å². The summed E-state index contributed by atoms with van der Waals surface area (Å²) in [6.07, 6.45) is 4.60. The largest absolute Gasteiger partial charge is 0.353 e. The van der Waals surface area contributed by atoms with Crippen LogP contribution in [0.4, 0.5) is 0 Å². The van der Waals surface area contributed by atoms with E-state index in [0.29, 0.717) is 37.9 Å². The third-order valence-corrected chi connectivity index (χ3v) is 5.92. The molecule has 0 bridgehead atoms. The molecule has 6 heteroatoms. The standard InChI is InChI=1S/C21H31N3O2.ClH/c1-15(23-21(26)17-9-5-6-10-17)11-20(25)24-13-18(12-22)19(14-24)16-7-3-2-4-8-16;/h2-4,7-8,15,17-19H,5-6,9-14,22H2,1H3,(H,23,26);1H/t15?,18-,19+;/m1./s1. The lowest BCUT2D eigenvalue weighted by molar-refractivity contribution is -0.131. The minimum atomic E-state index is -0.122. The van der Waals surface area contributed by atoms with Gasteiger partial charge >= 0.3 is 0 Å². The number of likely N-dealkylation sites (tertiary alicyclic amines) is 1. The summed E-state index contributed by atoms with van der Waals surface area (Å²) >= 11 is 0. The minimum Gasteiger partial charge on any atom is -0.353 e. The predicted octanol–water partition coefficient (Wildman–Crippen LogP) is 2.69. The molecule has 27 heavy (non-hydrogen) atoms.